The Hall–Kier alpha value is -0.0400. The molecular weight excluding hydrogens is 146 g/mol. The molecule has 70 valence electrons. The maximum Gasteiger partial charge on any atom is 0.00977 e. The van der Waals surface area contributed by atoms with Gasteiger partial charge >= 0.3 is 0 Å². The smallest absolute Gasteiger partial charge is 0.00977 e. The molecular formula is C11H21N. The van der Waals surface area contributed by atoms with Gasteiger partial charge in [-0.2, -0.15) is 0 Å². The van der Waals surface area contributed by atoms with Gasteiger partial charge in [0, 0.05) is 6.04 Å². The fourth-order valence-electron chi connectivity index (χ4n) is 3.48. The lowest BCUT2D eigenvalue weighted by molar-refractivity contribution is 0.220. The highest BCUT2D eigenvalue weighted by atomic mass is 14.9. The van der Waals surface area contributed by atoms with Crippen LogP contribution in [-0.2, 0) is 0 Å². The average molecular weight is 167 g/mol. The first-order chi connectivity index (χ1) is 5.83. The molecule has 0 aliphatic heterocycles. The summed E-state index contributed by atoms with van der Waals surface area (Å²) in [5.74, 6) is 3.04. The lowest BCUT2D eigenvalue weighted by atomic mass is 9.78. The summed E-state index contributed by atoms with van der Waals surface area (Å²) in [6.45, 7) is 2.44. The molecule has 0 radical (unpaired) electrons. The summed E-state index contributed by atoms with van der Waals surface area (Å²) in [6.07, 6.45) is 7.38. The van der Waals surface area contributed by atoms with Crippen LogP contribution in [0.4, 0.5) is 0 Å². The van der Waals surface area contributed by atoms with E-state index in [9.17, 15) is 0 Å². The molecule has 4 atom stereocenters. The Kier molecular flexibility index (Phi) is 2.40. The lowest BCUT2D eigenvalue weighted by Gasteiger charge is -2.30. The van der Waals surface area contributed by atoms with Crippen molar-refractivity contribution in [2.75, 3.05) is 7.05 Å². The van der Waals surface area contributed by atoms with Gasteiger partial charge in [0.1, 0.15) is 0 Å². The third-order valence-corrected chi connectivity index (χ3v) is 4.12. The van der Waals surface area contributed by atoms with E-state index in [1.54, 1.807) is 0 Å². The summed E-state index contributed by atoms with van der Waals surface area (Å²) in [4.78, 5) is 0. The number of hydrogen-bond donors (Lipinski definition) is 1. The van der Waals surface area contributed by atoms with Crippen LogP contribution in [0.3, 0.4) is 0 Å². The Labute approximate surface area is 75.9 Å². The highest BCUT2D eigenvalue weighted by molar-refractivity contribution is 4.94. The van der Waals surface area contributed by atoms with Gasteiger partial charge in [-0.25, -0.2) is 0 Å². The lowest BCUT2D eigenvalue weighted by Crippen LogP contribution is -2.32. The van der Waals surface area contributed by atoms with Crippen molar-refractivity contribution in [1.82, 2.24) is 5.32 Å². The molecule has 0 heterocycles. The number of hydrogen-bond acceptors (Lipinski definition) is 1. The minimum Gasteiger partial charge on any atom is -0.317 e. The Morgan fingerprint density at radius 3 is 2.42 bits per heavy atom. The normalized spacial score (nSPS) is 47.5. The van der Waals surface area contributed by atoms with Gasteiger partial charge in [-0.1, -0.05) is 19.8 Å². The highest BCUT2D eigenvalue weighted by Gasteiger charge is 2.40. The topological polar surface area (TPSA) is 12.0 Å². The number of nitrogens with one attached hydrogen (secondary N) is 1. The maximum atomic E-state index is 3.49. The van der Waals surface area contributed by atoms with Crippen LogP contribution in [0.5, 0.6) is 0 Å². The van der Waals surface area contributed by atoms with Crippen LogP contribution in [0, 0.1) is 17.8 Å². The highest BCUT2D eigenvalue weighted by Crippen LogP contribution is 2.45. The third kappa shape index (κ3) is 1.28. The van der Waals surface area contributed by atoms with Crippen molar-refractivity contribution in [2.45, 2.75) is 45.1 Å². The van der Waals surface area contributed by atoms with Crippen molar-refractivity contribution in [3.63, 3.8) is 0 Å². The first kappa shape index (κ1) is 8.55. The van der Waals surface area contributed by atoms with Crippen LogP contribution in [-0.4, -0.2) is 13.1 Å². The van der Waals surface area contributed by atoms with E-state index in [1.807, 2.05) is 0 Å². The maximum absolute atomic E-state index is 3.49. The van der Waals surface area contributed by atoms with E-state index in [0.717, 1.165) is 23.8 Å². The minimum absolute atomic E-state index is 0.838. The molecule has 0 aromatic rings. The van der Waals surface area contributed by atoms with Gasteiger partial charge in [0.25, 0.3) is 0 Å². The Balaban J connectivity index is 2.05. The molecule has 2 aliphatic carbocycles. The zero-order chi connectivity index (χ0) is 8.55. The van der Waals surface area contributed by atoms with Crippen molar-refractivity contribution in [2.24, 2.45) is 17.8 Å². The van der Waals surface area contributed by atoms with E-state index in [-0.39, 0.29) is 0 Å². The summed E-state index contributed by atoms with van der Waals surface area (Å²) < 4.78 is 0. The monoisotopic (exact) mass is 167 g/mol. The number of fused-ring (bicyclic) bond motifs is 1. The molecule has 2 saturated carbocycles. The molecule has 1 nitrogen and oxygen atoms in total. The molecule has 0 saturated heterocycles. The van der Waals surface area contributed by atoms with Gasteiger partial charge in [0.2, 0.25) is 0 Å². The molecule has 2 fully saturated rings. The van der Waals surface area contributed by atoms with Crippen LogP contribution < -0.4 is 5.32 Å². The van der Waals surface area contributed by atoms with E-state index < -0.39 is 0 Å². The average Bonchev–Trinajstić information content (AvgIpc) is 2.44. The fraction of sp³-hybridized carbons (Fsp3) is 1.00. The molecule has 0 aromatic carbocycles. The summed E-state index contributed by atoms with van der Waals surface area (Å²) in [5, 5.41) is 3.49. The zero-order valence-electron chi connectivity index (χ0n) is 8.34. The molecule has 12 heavy (non-hydrogen) atoms. The molecule has 0 amide bonds. The van der Waals surface area contributed by atoms with Gasteiger partial charge in [0.05, 0.1) is 0 Å². The van der Waals surface area contributed by atoms with Gasteiger partial charge in [-0.15, -0.1) is 0 Å². The van der Waals surface area contributed by atoms with Gasteiger partial charge < -0.3 is 5.32 Å². The molecule has 1 N–H and O–H groups in total. The summed E-state index contributed by atoms with van der Waals surface area (Å²) >= 11 is 0. The second-order valence-corrected chi connectivity index (χ2v) is 4.72. The predicted molar refractivity (Wildman–Crippen MR) is 52.1 cm³/mol. The minimum atomic E-state index is 0.838. The molecule has 0 bridgehead atoms. The van der Waals surface area contributed by atoms with Crippen molar-refractivity contribution >= 4 is 0 Å². The Bertz CT molecular complexity index is 155. The van der Waals surface area contributed by atoms with Gasteiger partial charge in [-0.05, 0) is 44.1 Å². The summed E-state index contributed by atoms with van der Waals surface area (Å²) in [6, 6.07) is 0.838. The van der Waals surface area contributed by atoms with E-state index >= 15 is 0 Å². The quantitative estimate of drug-likeness (QED) is 0.632. The third-order valence-electron chi connectivity index (χ3n) is 4.12. The first-order valence-corrected chi connectivity index (χ1v) is 5.50. The predicted octanol–water partition coefficient (Wildman–Crippen LogP) is 2.42. The molecule has 1 heteroatoms. The first-order valence-electron chi connectivity index (χ1n) is 5.50. The van der Waals surface area contributed by atoms with E-state index in [1.165, 1.54) is 32.1 Å². The van der Waals surface area contributed by atoms with Crippen molar-refractivity contribution in [3.05, 3.63) is 0 Å². The molecule has 0 aromatic heterocycles. The standard InChI is InChI=1S/C11H21N/c1-8-7-11(12-2)10-6-4-3-5-9(8)10/h8-12H,3-7H2,1-2H3. The Morgan fingerprint density at radius 2 is 1.75 bits per heavy atom. The molecule has 2 rings (SSSR count). The van der Waals surface area contributed by atoms with E-state index in [0.29, 0.717) is 0 Å². The molecule has 4 unspecified atom stereocenters. The largest absolute Gasteiger partial charge is 0.317 e. The number of rotatable bonds is 1. The zero-order valence-corrected chi connectivity index (χ0v) is 8.34. The van der Waals surface area contributed by atoms with Crippen LogP contribution in [0.25, 0.3) is 0 Å². The molecule has 2 aliphatic rings. The van der Waals surface area contributed by atoms with Gasteiger partial charge in [0.15, 0.2) is 0 Å². The van der Waals surface area contributed by atoms with Crippen molar-refractivity contribution in [1.29, 1.82) is 0 Å². The second-order valence-electron chi connectivity index (χ2n) is 4.72. The van der Waals surface area contributed by atoms with E-state index in [4.69, 9.17) is 0 Å². The van der Waals surface area contributed by atoms with Crippen LogP contribution >= 0.6 is 0 Å². The Morgan fingerprint density at radius 1 is 1.08 bits per heavy atom. The van der Waals surface area contributed by atoms with Crippen LogP contribution in [0.2, 0.25) is 0 Å². The van der Waals surface area contributed by atoms with Gasteiger partial charge in [-0.3, -0.25) is 0 Å². The second kappa shape index (κ2) is 3.37. The van der Waals surface area contributed by atoms with Crippen molar-refractivity contribution < 1.29 is 0 Å². The molecule has 0 spiro atoms. The summed E-state index contributed by atoms with van der Waals surface area (Å²) in [5.41, 5.74) is 0. The SMILES string of the molecule is CNC1CC(C)C2CCCCC12. The van der Waals surface area contributed by atoms with E-state index in [2.05, 4.69) is 19.3 Å². The van der Waals surface area contributed by atoms with Crippen LogP contribution in [0.15, 0.2) is 0 Å². The fourth-order valence-corrected chi connectivity index (χ4v) is 3.48. The van der Waals surface area contributed by atoms with Crippen LogP contribution in [0.1, 0.15) is 39.0 Å². The van der Waals surface area contributed by atoms with Crippen molar-refractivity contribution in [3.8, 4) is 0 Å². The summed E-state index contributed by atoms with van der Waals surface area (Å²) in [7, 11) is 2.13.